The molecule has 0 spiro atoms. The van der Waals surface area contributed by atoms with Crippen molar-refractivity contribution in [3.63, 3.8) is 0 Å². The van der Waals surface area contributed by atoms with Gasteiger partial charge in [0.25, 0.3) is 0 Å². The van der Waals surface area contributed by atoms with E-state index in [1.807, 2.05) is 18.2 Å². The zero-order valence-electron chi connectivity index (χ0n) is 8.34. The average molecular weight is 201 g/mol. The number of nitrogens with zero attached hydrogens (tertiary/aromatic N) is 2. The SMILES string of the molecule is COc1ncc(-c2ccccn2)cc1N. The van der Waals surface area contributed by atoms with Gasteiger partial charge in [-0.2, -0.15) is 0 Å². The summed E-state index contributed by atoms with van der Waals surface area (Å²) in [6.45, 7) is 0. The lowest BCUT2D eigenvalue weighted by molar-refractivity contribution is 0.400. The van der Waals surface area contributed by atoms with Crippen LogP contribution in [0.4, 0.5) is 5.69 Å². The highest BCUT2D eigenvalue weighted by Gasteiger charge is 2.04. The molecule has 0 saturated carbocycles. The van der Waals surface area contributed by atoms with Gasteiger partial charge in [0, 0.05) is 18.0 Å². The van der Waals surface area contributed by atoms with Crippen LogP contribution in [0.25, 0.3) is 11.3 Å². The summed E-state index contributed by atoms with van der Waals surface area (Å²) in [6, 6.07) is 7.49. The number of nitrogen functional groups attached to an aromatic ring is 1. The Balaban J connectivity index is 2.43. The average Bonchev–Trinajstić information content (AvgIpc) is 2.30. The number of hydrogen-bond donors (Lipinski definition) is 1. The first-order valence-electron chi connectivity index (χ1n) is 4.52. The van der Waals surface area contributed by atoms with Gasteiger partial charge >= 0.3 is 0 Å². The Morgan fingerprint density at radius 1 is 1.27 bits per heavy atom. The monoisotopic (exact) mass is 201 g/mol. The molecule has 0 radical (unpaired) electrons. The van der Waals surface area contributed by atoms with Gasteiger partial charge in [-0.1, -0.05) is 6.07 Å². The van der Waals surface area contributed by atoms with E-state index >= 15 is 0 Å². The molecule has 2 N–H and O–H groups in total. The lowest BCUT2D eigenvalue weighted by Crippen LogP contribution is -1.96. The molecule has 2 aromatic heterocycles. The van der Waals surface area contributed by atoms with Crippen LogP contribution in [-0.2, 0) is 0 Å². The zero-order valence-corrected chi connectivity index (χ0v) is 8.34. The maximum Gasteiger partial charge on any atom is 0.236 e. The minimum Gasteiger partial charge on any atom is -0.480 e. The van der Waals surface area contributed by atoms with Crippen molar-refractivity contribution in [2.45, 2.75) is 0 Å². The minimum atomic E-state index is 0.440. The van der Waals surface area contributed by atoms with Crippen LogP contribution in [0.1, 0.15) is 0 Å². The third kappa shape index (κ3) is 1.88. The molecular formula is C11H11N3O. The molecule has 0 aliphatic heterocycles. The fraction of sp³-hybridized carbons (Fsp3) is 0.0909. The van der Waals surface area contributed by atoms with Gasteiger partial charge in [0.1, 0.15) is 0 Å². The number of anilines is 1. The van der Waals surface area contributed by atoms with Gasteiger partial charge in [0.15, 0.2) is 0 Å². The number of rotatable bonds is 2. The van der Waals surface area contributed by atoms with E-state index in [-0.39, 0.29) is 0 Å². The number of methoxy groups -OCH3 is 1. The van der Waals surface area contributed by atoms with E-state index in [2.05, 4.69) is 9.97 Å². The number of aromatic nitrogens is 2. The third-order valence-corrected chi connectivity index (χ3v) is 2.03. The second-order valence-corrected chi connectivity index (χ2v) is 3.04. The minimum absolute atomic E-state index is 0.440. The number of nitrogens with two attached hydrogens (primary N) is 1. The molecule has 0 bridgehead atoms. The molecule has 4 heteroatoms. The summed E-state index contributed by atoms with van der Waals surface area (Å²) in [7, 11) is 1.54. The largest absolute Gasteiger partial charge is 0.480 e. The predicted molar refractivity (Wildman–Crippen MR) is 58.4 cm³/mol. The van der Waals surface area contributed by atoms with Gasteiger partial charge in [-0.25, -0.2) is 4.98 Å². The Kier molecular flexibility index (Phi) is 2.49. The van der Waals surface area contributed by atoms with E-state index in [1.54, 1.807) is 25.6 Å². The summed E-state index contributed by atoms with van der Waals surface area (Å²) in [4.78, 5) is 8.30. The summed E-state index contributed by atoms with van der Waals surface area (Å²) in [6.07, 6.45) is 3.42. The van der Waals surface area contributed by atoms with E-state index in [0.717, 1.165) is 11.3 Å². The molecule has 2 aromatic rings. The maximum absolute atomic E-state index is 5.75. The van der Waals surface area contributed by atoms with Crippen LogP contribution in [0.2, 0.25) is 0 Å². The quantitative estimate of drug-likeness (QED) is 0.803. The molecule has 2 heterocycles. The van der Waals surface area contributed by atoms with E-state index < -0.39 is 0 Å². The Bertz CT molecular complexity index is 457. The Hall–Kier alpha value is -2.10. The van der Waals surface area contributed by atoms with Crippen molar-refractivity contribution in [1.82, 2.24) is 9.97 Å². The molecule has 76 valence electrons. The van der Waals surface area contributed by atoms with Gasteiger partial charge in [-0.3, -0.25) is 4.98 Å². The highest BCUT2D eigenvalue weighted by Crippen LogP contribution is 2.23. The molecule has 0 aliphatic carbocycles. The van der Waals surface area contributed by atoms with Crippen molar-refractivity contribution < 1.29 is 4.74 Å². The van der Waals surface area contributed by atoms with Crippen molar-refractivity contribution in [2.24, 2.45) is 0 Å². The topological polar surface area (TPSA) is 61.0 Å². The molecule has 4 nitrogen and oxygen atoms in total. The highest BCUT2D eigenvalue weighted by molar-refractivity contribution is 5.65. The van der Waals surface area contributed by atoms with Crippen molar-refractivity contribution in [3.8, 4) is 17.1 Å². The standard InChI is InChI=1S/C11H11N3O/c1-15-11-9(12)6-8(7-14-11)10-4-2-3-5-13-10/h2-7H,12H2,1H3. The van der Waals surface area contributed by atoms with E-state index in [1.165, 1.54) is 0 Å². The first kappa shape index (κ1) is 9.45. The first-order chi connectivity index (χ1) is 7.31. The van der Waals surface area contributed by atoms with Crippen molar-refractivity contribution in [3.05, 3.63) is 36.7 Å². The van der Waals surface area contributed by atoms with Gasteiger partial charge in [0.05, 0.1) is 18.5 Å². The summed E-state index contributed by atoms with van der Waals surface area (Å²) >= 11 is 0. The van der Waals surface area contributed by atoms with Crippen LogP contribution in [0.5, 0.6) is 5.88 Å². The fourth-order valence-electron chi connectivity index (χ4n) is 1.31. The Morgan fingerprint density at radius 2 is 2.13 bits per heavy atom. The van der Waals surface area contributed by atoms with Crippen LogP contribution >= 0.6 is 0 Å². The van der Waals surface area contributed by atoms with E-state index in [9.17, 15) is 0 Å². The molecular weight excluding hydrogens is 190 g/mol. The fourth-order valence-corrected chi connectivity index (χ4v) is 1.31. The summed E-state index contributed by atoms with van der Waals surface area (Å²) in [5, 5.41) is 0. The Morgan fingerprint density at radius 3 is 2.73 bits per heavy atom. The van der Waals surface area contributed by atoms with Crippen molar-refractivity contribution >= 4 is 5.69 Å². The van der Waals surface area contributed by atoms with E-state index in [0.29, 0.717) is 11.6 Å². The van der Waals surface area contributed by atoms with Crippen LogP contribution in [0, 0.1) is 0 Å². The van der Waals surface area contributed by atoms with Gasteiger partial charge < -0.3 is 10.5 Å². The molecule has 0 unspecified atom stereocenters. The molecule has 0 aliphatic rings. The summed E-state index contributed by atoms with van der Waals surface area (Å²) in [5.74, 6) is 0.440. The predicted octanol–water partition coefficient (Wildman–Crippen LogP) is 1.73. The molecule has 0 fully saturated rings. The second kappa shape index (κ2) is 3.96. The van der Waals surface area contributed by atoms with Gasteiger partial charge in [-0.05, 0) is 18.2 Å². The molecule has 0 saturated heterocycles. The number of pyridine rings is 2. The lowest BCUT2D eigenvalue weighted by Gasteiger charge is -2.05. The maximum atomic E-state index is 5.75. The van der Waals surface area contributed by atoms with Crippen LogP contribution in [-0.4, -0.2) is 17.1 Å². The molecule has 0 amide bonds. The lowest BCUT2D eigenvalue weighted by atomic mass is 10.2. The normalized spacial score (nSPS) is 9.93. The summed E-state index contributed by atoms with van der Waals surface area (Å²) < 4.78 is 4.98. The van der Waals surface area contributed by atoms with Gasteiger partial charge in [0.2, 0.25) is 5.88 Å². The Labute approximate surface area is 87.7 Å². The van der Waals surface area contributed by atoms with Crippen LogP contribution in [0.3, 0.4) is 0 Å². The molecule has 15 heavy (non-hydrogen) atoms. The zero-order chi connectivity index (χ0) is 10.7. The van der Waals surface area contributed by atoms with Crippen LogP contribution in [0.15, 0.2) is 36.7 Å². The number of ether oxygens (including phenoxy) is 1. The summed E-state index contributed by atoms with van der Waals surface area (Å²) in [5.41, 5.74) is 8.00. The van der Waals surface area contributed by atoms with Crippen molar-refractivity contribution in [1.29, 1.82) is 0 Å². The first-order valence-corrected chi connectivity index (χ1v) is 4.52. The highest BCUT2D eigenvalue weighted by atomic mass is 16.5. The van der Waals surface area contributed by atoms with E-state index in [4.69, 9.17) is 10.5 Å². The smallest absolute Gasteiger partial charge is 0.236 e. The third-order valence-electron chi connectivity index (χ3n) is 2.03. The van der Waals surface area contributed by atoms with Gasteiger partial charge in [-0.15, -0.1) is 0 Å². The molecule has 0 aromatic carbocycles. The van der Waals surface area contributed by atoms with Crippen molar-refractivity contribution in [2.75, 3.05) is 12.8 Å². The molecule has 2 rings (SSSR count). The number of hydrogen-bond acceptors (Lipinski definition) is 4. The van der Waals surface area contributed by atoms with Crippen LogP contribution < -0.4 is 10.5 Å². The second-order valence-electron chi connectivity index (χ2n) is 3.04. The molecule has 0 atom stereocenters.